The lowest BCUT2D eigenvalue weighted by Crippen LogP contribution is -2.36. The highest BCUT2D eigenvalue weighted by molar-refractivity contribution is 7.11. The summed E-state index contributed by atoms with van der Waals surface area (Å²) >= 11 is 1.70. The van der Waals surface area contributed by atoms with E-state index in [-0.39, 0.29) is 0 Å². The van der Waals surface area contributed by atoms with Gasteiger partial charge in [0.2, 0.25) is 0 Å². The molecule has 0 spiro atoms. The molecule has 0 amide bonds. The molecule has 6 nitrogen and oxygen atoms in total. The summed E-state index contributed by atoms with van der Waals surface area (Å²) in [7, 11) is 1.75. The topological polar surface area (TPSA) is 75.3 Å². The molecule has 1 aromatic carbocycles. The van der Waals surface area contributed by atoms with Gasteiger partial charge in [0, 0.05) is 23.6 Å². The molecule has 0 atom stereocenters. The van der Waals surface area contributed by atoms with E-state index in [2.05, 4.69) is 25.8 Å². The second-order valence-electron chi connectivity index (χ2n) is 5.57. The minimum atomic E-state index is 0.538. The molecule has 3 rings (SSSR count). The molecule has 0 radical (unpaired) electrons. The number of hydrogen-bond donors (Lipinski definition) is 2. The molecule has 0 saturated carbocycles. The van der Waals surface area contributed by atoms with E-state index < -0.39 is 0 Å². The highest BCUT2D eigenvalue weighted by Crippen LogP contribution is 2.19. The van der Waals surface area contributed by atoms with Gasteiger partial charge in [-0.05, 0) is 13.8 Å². The molecule has 0 saturated heterocycles. The second kappa shape index (κ2) is 7.94. The molecule has 25 heavy (non-hydrogen) atoms. The summed E-state index contributed by atoms with van der Waals surface area (Å²) in [5.41, 5.74) is 2.90. The van der Waals surface area contributed by atoms with Crippen molar-refractivity contribution >= 4 is 17.3 Å². The van der Waals surface area contributed by atoms with Gasteiger partial charge in [0.25, 0.3) is 0 Å². The molecule has 7 heteroatoms. The number of nitrogens with zero attached hydrogens (tertiary/aromatic N) is 3. The van der Waals surface area contributed by atoms with Crippen LogP contribution in [-0.2, 0) is 13.1 Å². The van der Waals surface area contributed by atoms with Crippen molar-refractivity contribution in [3.8, 4) is 11.3 Å². The lowest BCUT2D eigenvalue weighted by molar-refractivity contribution is 0.422. The van der Waals surface area contributed by atoms with Crippen LogP contribution in [0.25, 0.3) is 11.3 Å². The molecule has 0 fully saturated rings. The smallest absolute Gasteiger partial charge is 0.191 e. The van der Waals surface area contributed by atoms with E-state index in [4.69, 9.17) is 4.52 Å². The van der Waals surface area contributed by atoms with Crippen LogP contribution in [0.5, 0.6) is 0 Å². The van der Waals surface area contributed by atoms with Gasteiger partial charge in [-0.15, -0.1) is 11.3 Å². The molecule has 0 unspecified atom stereocenters. The fourth-order valence-corrected chi connectivity index (χ4v) is 3.31. The van der Waals surface area contributed by atoms with Gasteiger partial charge in [0.05, 0.1) is 23.8 Å². The number of aliphatic imine (C=N–C) groups is 1. The number of aromatic nitrogens is 2. The molecule has 0 aliphatic rings. The first-order valence-corrected chi connectivity index (χ1v) is 8.86. The zero-order chi connectivity index (χ0) is 17.6. The van der Waals surface area contributed by atoms with Crippen molar-refractivity contribution in [1.29, 1.82) is 0 Å². The van der Waals surface area contributed by atoms with Crippen molar-refractivity contribution in [3.05, 3.63) is 57.7 Å². The van der Waals surface area contributed by atoms with Crippen LogP contribution in [0.15, 0.2) is 45.9 Å². The predicted molar refractivity (Wildman–Crippen MR) is 101 cm³/mol. The van der Waals surface area contributed by atoms with Gasteiger partial charge in [0.1, 0.15) is 5.69 Å². The van der Waals surface area contributed by atoms with Gasteiger partial charge in [-0.3, -0.25) is 4.99 Å². The van der Waals surface area contributed by atoms with Crippen LogP contribution >= 0.6 is 11.3 Å². The molecule has 2 aromatic heterocycles. The van der Waals surface area contributed by atoms with Crippen molar-refractivity contribution in [2.75, 3.05) is 7.05 Å². The van der Waals surface area contributed by atoms with Crippen molar-refractivity contribution in [2.45, 2.75) is 26.9 Å². The third-order valence-electron chi connectivity index (χ3n) is 3.69. The summed E-state index contributed by atoms with van der Waals surface area (Å²) in [5.74, 6) is 1.48. The minimum Gasteiger partial charge on any atom is -0.356 e. The Balaban J connectivity index is 1.55. The maximum absolute atomic E-state index is 5.41. The fourth-order valence-electron chi connectivity index (χ4n) is 2.43. The average Bonchev–Trinajstić information content (AvgIpc) is 3.22. The Morgan fingerprint density at radius 3 is 2.60 bits per heavy atom. The summed E-state index contributed by atoms with van der Waals surface area (Å²) in [6, 6.07) is 11.9. The summed E-state index contributed by atoms with van der Waals surface area (Å²) in [6.45, 7) is 5.28. The molecular weight excluding hydrogens is 334 g/mol. The van der Waals surface area contributed by atoms with Crippen molar-refractivity contribution in [1.82, 2.24) is 20.8 Å². The van der Waals surface area contributed by atoms with E-state index in [0.717, 1.165) is 33.7 Å². The number of rotatable bonds is 5. The third-order valence-corrected chi connectivity index (χ3v) is 4.77. The predicted octanol–water partition coefficient (Wildman–Crippen LogP) is 3.28. The first-order valence-electron chi connectivity index (χ1n) is 8.04. The maximum atomic E-state index is 5.41. The molecule has 2 heterocycles. The largest absolute Gasteiger partial charge is 0.356 e. The highest BCUT2D eigenvalue weighted by Gasteiger charge is 2.08. The van der Waals surface area contributed by atoms with Crippen LogP contribution in [0.2, 0.25) is 0 Å². The van der Waals surface area contributed by atoms with Crippen LogP contribution < -0.4 is 10.6 Å². The Bertz CT molecular complexity index is 853. The van der Waals surface area contributed by atoms with Crippen LogP contribution in [-0.4, -0.2) is 23.1 Å². The Morgan fingerprint density at radius 1 is 1.16 bits per heavy atom. The lowest BCUT2D eigenvalue weighted by Gasteiger charge is -2.10. The van der Waals surface area contributed by atoms with E-state index in [0.29, 0.717) is 13.1 Å². The van der Waals surface area contributed by atoms with Gasteiger partial charge < -0.3 is 15.2 Å². The number of benzene rings is 1. The van der Waals surface area contributed by atoms with E-state index >= 15 is 0 Å². The quantitative estimate of drug-likeness (QED) is 0.543. The summed E-state index contributed by atoms with van der Waals surface area (Å²) in [5, 5.41) is 11.7. The van der Waals surface area contributed by atoms with E-state index in [1.807, 2.05) is 50.2 Å². The first-order chi connectivity index (χ1) is 12.2. The molecule has 0 aliphatic heterocycles. The zero-order valence-corrected chi connectivity index (χ0v) is 15.4. The van der Waals surface area contributed by atoms with Gasteiger partial charge in [-0.2, -0.15) is 0 Å². The van der Waals surface area contributed by atoms with Crippen LogP contribution in [0.1, 0.15) is 21.3 Å². The number of thiazole rings is 1. The standard InChI is InChI=1S/C18H21N5OS/c1-12-17(25-13(2)22-12)11-21-18(19-3)20-10-15-9-16(24-23-15)14-7-5-4-6-8-14/h4-9H,10-11H2,1-3H3,(H2,19,20,21). The number of hydrogen-bond acceptors (Lipinski definition) is 5. The van der Waals surface area contributed by atoms with Crippen LogP contribution in [0.3, 0.4) is 0 Å². The van der Waals surface area contributed by atoms with Crippen molar-refractivity contribution < 1.29 is 4.52 Å². The van der Waals surface area contributed by atoms with E-state index in [1.165, 1.54) is 4.88 Å². The van der Waals surface area contributed by atoms with Crippen molar-refractivity contribution in [2.24, 2.45) is 4.99 Å². The summed E-state index contributed by atoms with van der Waals surface area (Å²) < 4.78 is 5.41. The van der Waals surface area contributed by atoms with Gasteiger partial charge in [-0.1, -0.05) is 35.5 Å². The Morgan fingerprint density at radius 2 is 1.92 bits per heavy atom. The van der Waals surface area contributed by atoms with E-state index in [1.54, 1.807) is 18.4 Å². The third kappa shape index (κ3) is 4.45. The normalized spacial score (nSPS) is 11.6. The van der Waals surface area contributed by atoms with Crippen molar-refractivity contribution in [3.63, 3.8) is 0 Å². The van der Waals surface area contributed by atoms with Gasteiger partial charge in [-0.25, -0.2) is 4.98 Å². The van der Waals surface area contributed by atoms with Gasteiger partial charge in [0.15, 0.2) is 11.7 Å². The fraction of sp³-hybridized carbons (Fsp3) is 0.278. The molecule has 2 N–H and O–H groups in total. The Kier molecular flexibility index (Phi) is 5.45. The molecular formula is C18H21N5OS. The molecule has 3 aromatic rings. The second-order valence-corrected chi connectivity index (χ2v) is 6.86. The lowest BCUT2D eigenvalue weighted by atomic mass is 10.2. The Labute approximate surface area is 151 Å². The summed E-state index contributed by atoms with van der Waals surface area (Å²) in [6.07, 6.45) is 0. The number of aryl methyl sites for hydroxylation is 2. The zero-order valence-electron chi connectivity index (χ0n) is 14.5. The highest BCUT2D eigenvalue weighted by atomic mass is 32.1. The monoisotopic (exact) mass is 355 g/mol. The minimum absolute atomic E-state index is 0.538. The van der Waals surface area contributed by atoms with Crippen LogP contribution in [0, 0.1) is 13.8 Å². The molecule has 0 aliphatic carbocycles. The van der Waals surface area contributed by atoms with Gasteiger partial charge >= 0.3 is 0 Å². The molecule has 0 bridgehead atoms. The van der Waals surface area contributed by atoms with Crippen LogP contribution in [0.4, 0.5) is 0 Å². The Hall–Kier alpha value is -2.67. The summed E-state index contributed by atoms with van der Waals surface area (Å²) in [4.78, 5) is 9.89. The van der Waals surface area contributed by atoms with E-state index in [9.17, 15) is 0 Å². The first kappa shape index (κ1) is 17.2. The molecule has 130 valence electrons. The number of nitrogens with one attached hydrogen (secondary N) is 2. The maximum Gasteiger partial charge on any atom is 0.191 e. The average molecular weight is 355 g/mol. The number of guanidine groups is 1. The SMILES string of the molecule is CN=C(NCc1cc(-c2ccccc2)on1)NCc1sc(C)nc1C.